The number of allylic oxidation sites excluding steroid dienone is 1. The van der Waals surface area contributed by atoms with Gasteiger partial charge < -0.3 is 9.67 Å². The van der Waals surface area contributed by atoms with Gasteiger partial charge in [0, 0.05) is 29.2 Å². The van der Waals surface area contributed by atoms with Gasteiger partial charge in [-0.25, -0.2) is 0 Å². The monoisotopic (exact) mass is 344 g/mol. The van der Waals surface area contributed by atoms with Crippen LogP contribution in [0.25, 0.3) is 22.9 Å². The Bertz CT molecular complexity index is 1080. The van der Waals surface area contributed by atoms with Crippen LogP contribution >= 0.6 is 0 Å². The number of hydrogen-bond donors (Lipinski definition) is 1. The summed E-state index contributed by atoms with van der Waals surface area (Å²) in [6.07, 6.45) is 8.48. The number of rotatable bonds is 3. The molecule has 26 heavy (non-hydrogen) atoms. The first-order valence-corrected chi connectivity index (χ1v) is 8.75. The Morgan fingerprint density at radius 1 is 1.15 bits per heavy atom. The van der Waals surface area contributed by atoms with Gasteiger partial charge in [-0.3, -0.25) is 9.78 Å². The molecular weight excluding hydrogens is 324 g/mol. The van der Waals surface area contributed by atoms with Crippen LogP contribution in [-0.4, -0.2) is 14.7 Å². The molecule has 4 heteroatoms. The fraction of sp³-hybridized carbons (Fsp3) is 0.182. The molecule has 0 spiro atoms. The Labute approximate surface area is 152 Å². The third-order valence-corrected chi connectivity index (χ3v) is 4.73. The lowest BCUT2D eigenvalue weighted by Crippen LogP contribution is -2.12. The molecule has 0 fully saturated rings. The topological polar surface area (TPSA) is 55.1 Å². The van der Waals surface area contributed by atoms with Crippen molar-refractivity contribution in [2.45, 2.75) is 26.2 Å². The zero-order valence-corrected chi connectivity index (χ0v) is 14.8. The molecule has 130 valence electrons. The molecule has 0 aliphatic heterocycles. The minimum Gasteiger partial charge on any atom is -0.503 e. The van der Waals surface area contributed by atoms with Crippen molar-refractivity contribution < 1.29 is 5.11 Å². The fourth-order valence-electron chi connectivity index (χ4n) is 3.33. The number of aromatic nitrogens is 2. The van der Waals surface area contributed by atoms with Crippen LogP contribution in [0.3, 0.4) is 0 Å². The summed E-state index contributed by atoms with van der Waals surface area (Å²) in [5.74, 6) is -0.0928. The maximum absolute atomic E-state index is 11.8. The van der Waals surface area contributed by atoms with E-state index in [1.54, 1.807) is 0 Å². The van der Waals surface area contributed by atoms with E-state index in [1.165, 1.54) is 17.8 Å². The highest BCUT2D eigenvalue weighted by Crippen LogP contribution is 2.28. The van der Waals surface area contributed by atoms with E-state index in [0.29, 0.717) is 0 Å². The normalized spacial score (nSPS) is 12.6. The summed E-state index contributed by atoms with van der Waals surface area (Å²) in [6.45, 7) is 4.06. The maximum atomic E-state index is 11.8. The lowest BCUT2D eigenvalue weighted by atomic mass is 10.0. The predicted molar refractivity (Wildman–Crippen MR) is 104 cm³/mol. The molecule has 2 aromatic heterocycles. The average Bonchev–Trinajstić information content (AvgIpc) is 3.11. The Hall–Kier alpha value is -3.14. The lowest BCUT2D eigenvalue weighted by molar-refractivity contribution is 0.463. The Balaban J connectivity index is 1.82. The number of nitrogens with zero attached hydrogens (tertiary/aromatic N) is 2. The maximum Gasteiger partial charge on any atom is 0.223 e. The molecule has 2 heterocycles. The first-order valence-electron chi connectivity index (χ1n) is 8.75. The summed E-state index contributed by atoms with van der Waals surface area (Å²) >= 11 is 0. The molecule has 0 amide bonds. The van der Waals surface area contributed by atoms with Crippen LogP contribution in [-0.2, 0) is 6.42 Å². The minimum atomic E-state index is -0.351. The van der Waals surface area contributed by atoms with Crippen LogP contribution in [0.15, 0.2) is 59.7 Å². The summed E-state index contributed by atoms with van der Waals surface area (Å²) in [5.41, 5.74) is 5.80. The number of pyridine rings is 2. The van der Waals surface area contributed by atoms with Crippen LogP contribution in [0.2, 0.25) is 0 Å². The van der Waals surface area contributed by atoms with Crippen molar-refractivity contribution in [3.05, 3.63) is 82.0 Å². The average molecular weight is 344 g/mol. The van der Waals surface area contributed by atoms with Crippen molar-refractivity contribution in [2.24, 2.45) is 0 Å². The largest absolute Gasteiger partial charge is 0.503 e. The van der Waals surface area contributed by atoms with Crippen molar-refractivity contribution in [1.82, 2.24) is 9.55 Å². The summed E-state index contributed by atoms with van der Waals surface area (Å²) in [5, 5.41) is 9.91. The Kier molecular flexibility index (Phi) is 3.96. The number of fused-ring (bicyclic) bond motifs is 1. The highest BCUT2D eigenvalue weighted by atomic mass is 16.3. The molecule has 4 rings (SSSR count). The summed E-state index contributed by atoms with van der Waals surface area (Å²) in [6, 6.07) is 11.7. The fourth-order valence-corrected chi connectivity index (χ4v) is 3.33. The molecule has 0 unspecified atom stereocenters. The molecule has 0 bridgehead atoms. The highest BCUT2D eigenvalue weighted by molar-refractivity contribution is 5.69. The number of benzene rings is 1. The van der Waals surface area contributed by atoms with Crippen LogP contribution in [0.1, 0.15) is 36.7 Å². The second-order valence-electron chi connectivity index (χ2n) is 6.90. The molecule has 0 saturated heterocycles. The van der Waals surface area contributed by atoms with E-state index >= 15 is 0 Å². The van der Waals surface area contributed by atoms with Gasteiger partial charge in [-0.2, -0.15) is 0 Å². The molecule has 1 aromatic carbocycles. The van der Waals surface area contributed by atoms with Crippen molar-refractivity contribution in [1.29, 1.82) is 0 Å². The van der Waals surface area contributed by atoms with Gasteiger partial charge in [0.2, 0.25) is 5.43 Å². The lowest BCUT2D eigenvalue weighted by Gasteiger charge is -2.17. The van der Waals surface area contributed by atoms with Crippen LogP contribution < -0.4 is 5.43 Å². The van der Waals surface area contributed by atoms with Gasteiger partial charge in [0.25, 0.3) is 0 Å². The summed E-state index contributed by atoms with van der Waals surface area (Å²) in [7, 11) is 0. The van der Waals surface area contributed by atoms with E-state index < -0.39 is 0 Å². The molecular formula is C22H20N2O2. The van der Waals surface area contributed by atoms with Gasteiger partial charge in [0.05, 0.1) is 11.9 Å². The zero-order valence-electron chi connectivity index (χ0n) is 14.8. The van der Waals surface area contributed by atoms with Crippen molar-refractivity contribution in [2.75, 3.05) is 0 Å². The summed E-state index contributed by atoms with van der Waals surface area (Å²) in [4.78, 5) is 16.4. The van der Waals surface area contributed by atoms with Gasteiger partial charge in [0.15, 0.2) is 5.75 Å². The number of aromatic hydroxyl groups is 1. The quantitative estimate of drug-likeness (QED) is 0.771. The first-order chi connectivity index (χ1) is 12.5. The first kappa shape index (κ1) is 16.3. The van der Waals surface area contributed by atoms with Gasteiger partial charge in [-0.1, -0.05) is 32.1 Å². The van der Waals surface area contributed by atoms with E-state index in [2.05, 4.69) is 23.2 Å². The van der Waals surface area contributed by atoms with Gasteiger partial charge in [-0.05, 0) is 47.7 Å². The van der Waals surface area contributed by atoms with E-state index in [0.717, 1.165) is 34.6 Å². The van der Waals surface area contributed by atoms with Gasteiger partial charge in [-0.15, -0.1) is 0 Å². The van der Waals surface area contributed by atoms with Gasteiger partial charge in [0.1, 0.15) is 0 Å². The van der Waals surface area contributed by atoms with Crippen LogP contribution in [0.4, 0.5) is 0 Å². The second kappa shape index (κ2) is 6.30. The molecule has 0 saturated carbocycles. The SMILES string of the molecule is CC(C)c1cc(=O)c(O)cn1-c1cccc(-c2cnc3c(c2)CC=C3)c1. The second-order valence-corrected chi connectivity index (χ2v) is 6.90. The van der Waals surface area contributed by atoms with E-state index in [1.807, 2.05) is 48.9 Å². The van der Waals surface area contributed by atoms with Crippen LogP contribution in [0.5, 0.6) is 5.75 Å². The minimum absolute atomic E-state index is 0.152. The van der Waals surface area contributed by atoms with E-state index in [4.69, 9.17) is 0 Å². The molecule has 1 N–H and O–H groups in total. The third kappa shape index (κ3) is 2.84. The van der Waals surface area contributed by atoms with Crippen molar-refractivity contribution in [3.63, 3.8) is 0 Å². The Morgan fingerprint density at radius 2 is 2.00 bits per heavy atom. The summed E-state index contributed by atoms with van der Waals surface area (Å²) < 4.78 is 1.88. The third-order valence-electron chi connectivity index (χ3n) is 4.73. The number of hydrogen-bond acceptors (Lipinski definition) is 3. The molecule has 0 radical (unpaired) electrons. The smallest absolute Gasteiger partial charge is 0.223 e. The molecule has 4 nitrogen and oxygen atoms in total. The zero-order chi connectivity index (χ0) is 18.3. The van der Waals surface area contributed by atoms with E-state index in [-0.39, 0.29) is 17.1 Å². The molecule has 1 aliphatic rings. The highest BCUT2D eigenvalue weighted by Gasteiger charge is 2.12. The predicted octanol–water partition coefficient (Wildman–Crippen LogP) is 4.30. The Morgan fingerprint density at radius 3 is 2.81 bits per heavy atom. The van der Waals surface area contributed by atoms with Crippen molar-refractivity contribution in [3.8, 4) is 22.6 Å². The van der Waals surface area contributed by atoms with E-state index in [9.17, 15) is 9.90 Å². The van der Waals surface area contributed by atoms with Crippen molar-refractivity contribution >= 4 is 6.08 Å². The molecule has 1 aliphatic carbocycles. The standard InChI is InChI=1S/C22H20N2O2/c1-14(2)20-11-21(25)22(26)13-24(20)18-7-3-5-15(10-18)17-9-16-6-4-8-19(16)23-12-17/h3-5,7-14,26H,6H2,1-2H3. The van der Waals surface area contributed by atoms with Gasteiger partial charge >= 0.3 is 0 Å². The molecule has 3 aromatic rings. The van der Waals surface area contributed by atoms with Crippen LogP contribution in [0, 0.1) is 0 Å². The molecule has 0 atom stereocenters.